The summed E-state index contributed by atoms with van der Waals surface area (Å²) >= 11 is 0. The number of nitrogens with one attached hydrogen (secondary N) is 1. The van der Waals surface area contributed by atoms with E-state index < -0.39 is 0 Å². The van der Waals surface area contributed by atoms with Crippen molar-refractivity contribution in [2.75, 3.05) is 14.2 Å². The molecule has 0 bridgehead atoms. The van der Waals surface area contributed by atoms with Crippen molar-refractivity contribution >= 4 is 5.91 Å². The van der Waals surface area contributed by atoms with E-state index in [9.17, 15) is 4.79 Å². The zero-order chi connectivity index (χ0) is 17.0. The maximum Gasteiger partial charge on any atom is 0.251 e. The topological polar surface area (TPSA) is 47.6 Å². The van der Waals surface area contributed by atoms with Gasteiger partial charge in [-0.25, -0.2) is 0 Å². The zero-order valence-corrected chi connectivity index (χ0v) is 14.3. The molecule has 0 spiro atoms. The monoisotopic (exact) mass is 313 g/mol. The Morgan fingerprint density at radius 1 is 1.00 bits per heavy atom. The molecule has 1 amide bonds. The van der Waals surface area contributed by atoms with Gasteiger partial charge in [0.05, 0.1) is 20.3 Å². The zero-order valence-electron chi connectivity index (χ0n) is 14.3. The van der Waals surface area contributed by atoms with E-state index in [1.165, 1.54) is 5.56 Å². The van der Waals surface area contributed by atoms with Gasteiger partial charge >= 0.3 is 0 Å². The van der Waals surface area contributed by atoms with Crippen LogP contribution in [-0.4, -0.2) is 20.1 Å². The number of aryl methyl sites for hydroxylation is 2. The highest BCUT2D eigenvalue weighted by Gasteiger charge is 2.16. The van der Waals surface area contributed by atoms with Gasteiger partial charge in [-0.05, 0) is 62.2 Å². The summed E-state index contributed by atoms with van der Waals surface area (Å²) < 4.78 is 10.6. The predicted molar refractivity (Wildman–Crippen MR) is 91.3 cm³/mol. The van der Waals surface area contributed by atoms with Crippen LogP contribution in [0.5, 0.6) is 11.5 Å². The highest BCUT2D eigenvalue weighted by Crippen LogP contribution is 2.29. The molecule has 122 valence electrons. The largest absolute Gasteiger partial charge is 0.497 e. The summed E-state index contributed by atoms with van der Waals surface area (Å²) in [6.07, 6.45) is 0. The molecule has 0 aromatic heterocycles. The normalized spacial score (nSPS) is 11.7. The number of hydrogen-bond acceptors (Lipinski definition) is 3. The molecule has 23 heavy (non-hydrogen) atoms. The number of amides is 1. The predicted octanol–water partition coefficient (Wildman–Crippen LogP) is 3.81. The van der Waals surface area contributed by atoms with E-state index in [1.807, 2.05) is 57.2 Å². The first-order valence-electron chi connectivity index (χ1n) is 7.56. The highest BCUT2D eigenvalue weighted by molar-refractivity contribution is 5.94. The first-order chi connectivity index (χ1) is 11.0. The third-order valence-electron chi connectivity index (χ3n) is 4.02. The van der Waals surface area contributed by atoms with Crippen molar-refractivity contribution in [2.24, 2.45) is 0 Å². The number of methoxy groups -OCH3 is 2. The lowest BCUT2D eigenvalue weighted by atomic mass is 10.0. The van der Waals surface area contributed by atoms with Crippen molar-refractivity contribution < 1.29 is 14.3 Å². The second-order valence-corrected chi connectivity index (χ2v) is 5.60. The summed E-state index contributed by atoms with van der Waals surface area (Å²) in [5.41, 5.74) is 3.80. The highest BCUT2D eigenvalue weighted by atomic mass is 16.5. The van der Waals surface area contributed by atoms with E-state index >= 15 is 0 Å². The maximum atomic E-state index is 12.5. The summed E-state index contributed by atoms with van der Waals surface area (Å²) in [6, 6.07) is 11.1. The molecule has 0 saturated heterocycles. The molecular weight excluding hydrogens is 290 g/mol. The fourth-order valence-corrected chi connectivity index (χ4v) is 2.42. The van der Waals surface area contributed by atoms with E-state index in [0.29, 0.717) is 5.56 Å². The second kappa shape index (κ2) is 7.18. The van der Waals surface area contributed by atoms with Gasteiger partial charge in [0.1, 0.15) is 11.5 Å². The molecule has 0 radical (unpaired) electrons. The van der Waals surface area contributed by atoms with Gasteiger partial charge in [0.2, 0.25) is 0 Å². The fourth-order valence-electron chi connectivity index (χ4n) is 2.42. The summed E-state index contributed by atoms with van der Waals surface area (Å²) in [4.78, 5) is 12.5. The van der Waals surface area contributed by atoms with E-state index in [4.69, 9.17) is 9.47 Å². The van der Waals surface area contributed by atoms with Crippen LogP contribution in [0, 0.1) is 13.8 Å². The third kappa shape index (κ3) is 3.83. The van der Waals surface area contributed by atoms with Gasteiger partial charge in [-0.2, -0.15) is 0 Å². The molecule has 0 fully saturated rings. The molecule has 2 rings (SSSR count). The summed E-state index contributed by atoms with van der Waals surface area (Å²) in [6.45, 7) is 5.96. The van der Waals surface area contributed by atoms with Crippen LogP contribution in [0.3, 0.4) is 0 Å². The SMILES string of the molecule is COc1ccc(OC)c([C@H](C)NC(=O)c2ccc(C)c(C)c2)c1. The molecule has 0 aliphatic heterocycles. The summed E-state index contributed by atoms with van der Waals surface area (Å²) in [5.74, 6) is 1.34. The smallest absolute Gasteiger partial charge is 0.251 e. The average Bonchev–Trinajstić information content (AvgIpc) is 2.56. The van der Waals surface area contributed by atoms with Gasteiger partial charge in [-0.15, -0.1) is 0 Å². The van der Waals surface area contributed by atoms with Crippen LogP contribution in [0.15, 0.2) is 36.4 Å². The number of ether oxygens (including phenoxy) is 2. The molecule has 1 atom stereocenters. The van der Waals surface area contributed by atoms with Crippen molar-refractivity contribution in [3.05, 3.63) is 58.7 Å². The number of benzene rings is 2. The van der Waals surface area contributed by atoms with Crippen LogP contribution in [0.4, 0.5) is 0 Å². The lowest BCUT2D eigenvalue weighted by Gasteiger charge is -2.18. The van der Waals surface area contributed by atoms with E-state index in [-0.39, 0.29) is 11.9 Å². The molecule has 0 saturated carbocycles. The Balaban J connectivity index is 2.22. The molecule has 0 unspecified atom stereocenters. The molecule has 0 aliphatic rings. The van der Waals surface area contributed by atoms with Crippen molar-refractivity contribution in [3.8, 4) is 11.5 Å². The Kier molecular flexibility index (Phi) is 5.27. The number of carbonyl (C=O) groups excluding carboxylic acids is 1. The fraction of sp³-hybridized carbons (Fsp3) is 0.316. The Morgan fingerprint density at radius 3 is 2.35 bits per heavy atom. The average molecular weight is 313 g/mol. The van der Waals surface area contributed by atoms with Crippen LogP contribution in [0.2, 0.25) is 0 Å². The maximum absolute atomic E-state index is 12.5. The molecule has 4 heteroatoms. The van der Waals surface area contributed by atoms with Gasteiger partial charge in [-0.1, -0.05) is 6.07 Å². The van der Waals surface area contributed by atoms with E-state index in [0.717, 1.165) is 22.6 Å². The van der Waals surface area contributed by atoms with E-state index in [1.54, 1.807) is 14.2 Å². The lowest BCUT2D eigenvalue weighted by Crippen LogP contribution is -2.27. The minimum Gasteiger partial charge on any atom is -0.497 e. The van der Waals surface area contributed by atoms with Crippen LogP contribution in [-0.2, 0) is 0 Å². The quantitative estimate of drug-likeness (QED) is 0.913. The van der Waals surface area contributed by atoms with Gasteiger partial charge in [0.25, 0.3) is 5.91 Å². The van der Waals surface area contributed by atoms with E-state index in [2.05, 4.69) is 5.32 Å². The Morgan fingerprint density at radius 2 is 1.74 bits per heavy atom. The van der Waals surface area contributed by atoms with Gasteiger partial charge < -0.3 is 14.8 Å². The molecule has 0 heterocycles. The summed E-state index contributed by atoms with van der Waals surface area (Å²) in [7, 11) is 3.23. The van der Waals surface area contributed by atoms with Gasteiger partial charge in [-0.3, -0.25) is 4.79 Å². The van der Waals surface area contributed by atoms with Crippen molar-refractivity contribution in [3.63, 3.8) is 0 Å². The first kappa shape index (κ1) is 16.9. The summed E-state index contributed by atoms with van der Waals surface area (Å²) in [5, 5.41) is 3.01. The Labute approximate surface area is 137 Å². The second-order valence-electron chi connectivity index (χ2n) is 5.60. The third-order valence-corrected chi connectivity index (χ3v) is 4.02. The standard InChI is InChI=1S/C19H23NO3/c1-12-6-7-15(10-13(12)2)19(21)20-14(3)17-11-16(22-4)8-9-18(17)23-5/h6-11,14H,1-5H3,(H,20,21)/t14-/m0/s1. The van der Waals surface area contributed by atoms with Crippen molar-refractivity contribution in [1.82, 2.24) is 5.32 Å². The van der Waals surface area contributed by atoms with Crippen LogP contribution in [0.1, 0.15) is 40.0 Å². The molecule has 0 aliphatic carbocycles. The Bertz CT molecular complexity index is 710. The van der Waals surface area contributed by atoms with Crippen LogP contribution < -0.4 is 14.8 Å². The van der Waals surface area contributed by atoms with Crippen molar-refractivity contribution in [1.29, 1.82) is 0 Å². The van der Waals surface area contributed by atoms with Gasteiger partial charge in [0.15, 0.2) is 0 Å². The molecular formula is C19H23NO3. The van der Waals surface area contributed by atoms with Gasteiger partial charge in [0, 0.05) is 11.1 Å². The first-order valence-corrected chi connectivity index (χ1v) is 7.56. The molecule has 2 aromatic carbocycles. The lowest BCUT2D eigenvalue weighted by molar-refractivity contribution is 0.0939. The Hall–Kier alpha value is -2.49. The minimum atomic E-state index is -0.200. The number of carbonyl (C=O) groups is 1. The number of hydrogen-bond donors (Lipinski definition) is 1. The molecule has 2 aromatic rings. The molecule has 4 nitrogen and oxygen atoms in total. The number of rotatable bonds is 5. The van der Waals surface area contributed by atoms with Crippen LogP contribution in [0.25, 0.3) is 0 Å². The van der Waals surface area contributed by atoms with Crippen molar-refractivity contribution in [2.45, 2.75) is 26.8 Å². The minimum absolute atomic E-state index is 0.106. The molecule has 1 N–H and O–H groups in total. The van der Waals surface area contributed by atoms with Crippen LogP contribution >= 0.6 is 0 Å².